The Balaban J connectivity index is 2.29. The molecule has 0 radical (unpaired) electrons. The van der Waals surface area contributed by atoms with E-state index in [1.165, 1.54) is 6.07 Å². The maximum absolute atomic E-state index is 11.1. The number of aromatic nitrogens is 1. The van der Waals surface area contributed by atoms with Crippen LogP contribution >= 0.6 is 0 Å². The van der Waals surface area contributed by atoms with Crippen molar-refractivity contribution in [3.63, 3.8) is 0 Å². The molecule has 0 unspecified atom stereocenters. The monoisotopic (exact) mass is 287 g/mol. The molecular formula is C15H17N3O3. The van der Waals surface area contributed by atoms with Gasteiger partial charge < -0.3 is 10.1 Å². The number of rotatable bonds is 6. The summed E-state index contributed by atoms with van der Waals surface area (Å²) in [5, 5.41) is 14.1. The number of pyridine rings is 1. The molecule has 1 heterocycles. The summed E-state index contributed by atoms with van der Waals surface area (Å²) in [7, 11) is 0. The fourth-order valence-electron chi connectivity index (χ4n) is 1.72. The molecule has 0 aliphatic rings. The number of hydrogen-bond donors (Lipinski definition) is 1. The number of benzene rings is 1. The largest absolute Gasteiger partial charge is 0.434 e. The first kappa shape index (κ1) is 14.8. The first-order valence-electron chi connectivity index (χ1n) is 6.74. The molecule has 1 N–H and O–H groups in total. The molecule has 0 saturated carbocycles. The average Bonchev–Trinajstić information content (AvgIpc) is 2.47. The molecule has 2 rings (SSSR count). The number of ether oxygens (including phenoxy) is 1. The van der Waals surface area contributed by atoms with Crippen molar-refractivity contribution in [1.82, 2.24) is 4.98 Å². The van der Waals surface area contributed by atoms with E-state index in [0.29, 0.717) is 11.6 Å². The van der Waals surface area contributed by atoms with Crippen LogP contribution in [0.15, 0.2) is 36.4 Å². The number of aryl methyl sites for hydroxylation is 1. The molecule has 0 atom stereocenters. The minimum atomic E-state index is -0.500. The molecule has 0 aliphatic carbocycles. The summed E-state index contributed by atoms with van der Waals surface area (Å²) in [6.45, 7) is 4.73. The topological polar surface area (TPSA) is 77.3 Å². The molecule has 0 aliphatic heterocycles. The Morgan fingerprint density at radius 3 is 2.57 bits per heavy atom. The molecule has 21 heavy (non-hydrogen) atoms. The van der Waals surface area contributed by atoms with Crippen LogP contribution in [-0.2, 0) is 0 Å². The second-order valence-electron chi connectivity index (χ2n) is 4.62. The summed E-state index contributed by atoms with van der Waals surface area (Å²) < 4.78 is 5.55. The van der Waals surface area contributed by atoms with E-state index < -0.39 is 4.92 Å². The van der Waals surface area contributed by atoms with Crippen LogP contribution in [-0.4, -0.2) is 16.5 Å². The summed E-state index contributed by atoms with van der Waals surface area (Å²) >= 11 is 0. The van der Waals surface area contributed by atoms with Crippen LogP contribution in [0.4, 0.5) is 11.5 Å². The minimum absolute atomic E-state index is 0.00930. The highest BCUT2D eigenvalue weighted by Crippen LogP contribution is 2.30. The van der Waals surface area contributed by atoms with Crippen molar-refractivity contribution in [1.29, 1.82) is 0 Å². The maximum Gasteiger partial charge on any atom is 0.331 e. The molecule has 6 nitrogen and oxygen atoms in total. The lowest BCUT2D eigenvalue weighted by atomic mass is 10.2. The highest BCUT2D eigenvalue weighted by atomic mass is 16.6. The summed E-state index contributed by atoms with van der Waals surface area (Å²) in [5.74, 6) is 1.07. The average molecular weight is 287 g/mol. The smallest absolute Gasteiger partial charge is 0.331 e. The van der Waals surface area contributed by atoms with Crippen molar-refractivity contribution in [2.45, 2.75) is 20.3 Å². The number of anilines is 1. The van der Waals surface area contributed by atoms with E-state index in [1.54, 1.807) is 18.2 Å². The first-order chi connectivity index (χ1) is 10.1. The summed E-state index contributed by atoms with van der Waals surface area (Å²) in [5.41, 5.74) is 0.931. The van der Waals surface area contributed by atoms with E-state index in [0.717, 1.165) is 18.5 Å². The fraction of sp³-hybridized carbons (Fsp3) is 0.267. The normalized spacial score (nSPS) is 10.2. The van der Waals surface area contributed by atoms with Crippen LogP contribution in [0.5, 0.6) is 11.6 Å². The van der Waals surface area contributed by atoms with Crippen molar-refractivity contribution in [2.24, 2.45) is 0 Å². The Hall–Kier alpha value is -2.63. The lowest BCUT2D eigenvalue weighted by Gasteiger charge is -2.08. The van der Waals surface area contributed by atoms with Crippen LogP contribution in [0.25, 0.3) is 0 Å². The summed E-state index contributed by atoms with van der Waals surface area (Å²) in [6.07, 6.45) is 0.937. The summed E-state index contributed by atoms with van der Waals surface area (Å²) in [6, 6.07) is 10.2. The zero-order chi connectivity index (χ0) is 15.2. The van der Waals surface area contributed by atoms with Crippen LogP contribution in [0.2, 0.25) is 0 Å². The van der Waals surface area contributed by atoms with E-state index >= 15 is 0 Å². The second-order valence-corrected chi connectivity index (χ2v) is 4.62. The number of nitrogens with one attached hydrogen (secondary N) is 1. The Bertz CT molecular complexity index is 627. The van der Waals surface area contributed by atoms with Gasteiger partial charge in [0.1, 0.15) is 11.6 Å². The second kappa shape index (κ2) is 6.69. The van der Waals surface area contributed by atoms with Crippen molar-refractivity contribution >= 4 is 11.5 Å². The molecule has 0 saturated heterocycles. The third-order valence-electron chi connectivity index (χ3n) is 2.83. The Labute approximate surface area is 122 Å². The van der Waals surface area contributed by atoms with Gasteiger partial charge in [0.2, 0.25) is 0 Å². The molecule has 110 valence electrons. The van der Waals surface area contributed by atoms with Gasteiger partial charge >= 0.3 is 11.6 Å². The third kappa shape index (κ3) is 3.92. The van der Waals surface area contributed by atoms with Crippen molar-refractivity contribution < 1.29 is 9.66 Å². The van der Waals surface area contributed by atoms with Gasteiger partial charge in [-0.25, -0.2) is 0 Å². The molecule has 0 spiro atoms. The lowest BCUT2D eigenvalue weighted by Crippen LogP contribution is -2.04. The quantitative estimate of drug-likeness (QED) is 0.643. The van der Waals surface area contributed by atoms with E-state index in [2.05, 4.69) is 10.3 Å². The lowest BCUT2D eigenvalue weighted by molar-refractivity contribution is -0.386. The highest BCUT2D eigenvalue weighted by molar-refractivity contribution is 5.50. The van der Waals surface area contributed by atoms with Crippen molar-refractivity contribution in [3.8, 4) is 11.6 Å². The van der Waals surface area contributed by atoms with Crippen molar-refractivity contribution in [2.75, 3.05) is 11.9 Å². The predicted molar refractivity (Wildman–Crippen MR) is 80.9 cm³/mol. The van der Waals surface area contributed by atoms with Gasteiger partial charge in [0.05, 0.1) is 4.92 Å². The number of hydrogen-bond acceptors (Lipinski definition) is 5. The van der Waals surface area contributed by atoms with Gasteiger partial charge in [-0.2, -0.15) is 4.98 Å². The standard InChI is InChI=1S/C15H17N3O3/c1-3-10-16-14-9-8-13(18(19)20)15(17-14)21-12-6-4-11(2)5-7-12/h4-9H,3,10H2,1-2H3,(H,16,17). The molecule has 1 aromatic carbocycles. The fourth-order valence-corrected chi connectivity index (χ4v) is 1.72. The van der Waals surface area contributed by atoms with Gasteiger partial charge in [0, 0.05) is 12.6 Å². The molecule has 1 aromatic heterocycles. The molecule has 2 aromatic rings. The Kier molecular flexibility index (Phi) is 4.71. The van der Waals surface area contributed by atoms with Crippen molar-refractivity contribution in [3.05, 3.63) is 52.1 Å². The van der Waals surface area contributed by atoms with Gasteiger partial charge in [-0.3, -0.25) is 10.1 Å². The minimum Gasteiger partial charge on any atom is -0.434 e. The summed E-state index contributed by atoms with van der Waals surface area (Å²) in [4.78, 5) is 14.7. The zero-order valence-corrected chi connectivity index (χ0v) is 12.0. The zero-order valence-electron chi connectivity index (χ0n) is 12.0. The van der Waals surface area contributed by atoms with Crippen LogP contribution in [0, 0.1) is 17.0 Å². The SMILES string of the molecule is CCCNc1ccc([N+](=O)[O-])c(Oc2ccc(C)cc2)n1. The Morgan fingerprint density at radius 2 is 1.95 bits per heavy atom. The molecule has 6 heteroatoms. The highest BCUT2D eigenvalue weighted by Gasteiger charge is 2.18. The van der Waals surface area contributed by atoms with E-state index in [1.807, 2.05) is 26.0 Å². The molecule has 0 amide bonds. The predicted octanol–water partition coefficient (Wildman–Crippen LogP) is 3.91. The van der Waals surface area contributed by atoms with Gasteiger partial charge in [-0.05, 0) is 31.5 Å². The number of nitro groups is 1. The van der Waals surface area contributed by atoms with Gasteiger partial charge in [0.15, 0.2) is 0 Å². The van der Waals surface area contributed by atoms with E-state index in [9.17, 15) is 10.1 Å². The third-order valence-corrected chi connectivity index (χ3v) is 2.83. The first-order valence-corrected chi connectivity index (χ1v) is 6.74. The van der Waals surface area contributed by atoms with Gasteiger partial charge in [0.25, 0.3) is 0 Å². The maximum atomic E-state index is 11.1. The molecular weight excluding hydrogens is 270 g/mol. The van der Waals surface area contributed by atoms with E-state index in [4.69, 9.17) is 4.74 Å². The van der Waals surface area contributed by atoms with Crippen LogP contribution in [0.1, 0.15) is 18.9 Å². The van der Waals surface area contributed by atoms with Crippen LogP contribution in [0.3, 0.4) is 0 Å². The van der Waals surface area contributed by atoms with Gasteiger partial charge in [-0.1, -0.05) is 24.6 Å². The van der Waals surface area contributed by atoms with E-state index in [-0.39, 0.29) is 11.6 Å². The molecule has 0 bridgehead atoms. The molecule has 0 fully saturated rings. The van der Waals surface area contributed by atoms with Gasteiger partial charge in [-0.15, -0.1) is 0 Å². The van der Waals surface area contributed by atoms with Crippen LogP contribution < -0.4 is 10.1 Å². The number of nitrogens with zero attached hydrogens (tertiary/aromatic N) is 2. The Morgan fingerprint density at radius 1 is 1.24 bits per heavy atom.